The largest absolute Gasteiger partial charge is 0.328 e. The first-order valence-electron chi connectivity index (χ1n) is 2.78. The number of carbonyl (C=O) groups excluding carboxylic acids is 2. The predicted molar refractivity (Wildman–Crippen MR) is 32.8 cm³/mol. The summed E-state index contributed by atoms with van der Waals surface area (Å²) in [7, 11) is 0. The quantitative estimate of drug-likeness (QED) is 0.307. The van der Waals surface area contributed by atoms with Gasteiger partial charge in [-0.2, -0.15) is 0 Å². The SMILES string of the molecule is O=C1C[14C](=O)NC=C1[N+](=O)[O-]. The molecule has 1 amide bonds. The summed E-state index contributed by atoms with van der Waals surface area (Å²) in [6.07, 6.45) is 0.376. The first kappa shape index (κ1) is 7.39. The molecule has 0 aromatic heterocycles. The average Bonchev–Trinajstić information content (AvgIpc) is 1.85. The lowest BCUT2D eigenvalue weighted by molar-refractivity contribution is -0.419. The van der Waals surface area contributed by atoms with Gasteiger partial charge in [0.15, 0.2) is 0 Å². The van der Waals surface area contributed by atoms with Crippen LogP contribution in [0.25, 0.3) is 0 Å². The fourth-order valence-corrected chi connectivity index (χ4v) is 0.671. The Balaban J connectivity index is 2.89. The molecular weight excluding hydrogens is 154 g/mol. The topological polar surface area (TPSA) is 89.3 Å². The van der Waals surface area contributed by atoms with E-state index in [0.717, 1.165) is 6.20 Å². The Labute approximate surface area is 61.0 Å². The average molecular weight is 158 g/mol. The maximum Gasteiger partial charge on any atom is 0.328 e. The van der Waals surface area contributed by atoms with Crippen molar-refractivity contribution in [3.63, 3.8) is 0 Å². The van der Waals surface area contributed by atoms with Crippen molar-refractivity contribution in [2.45, 2.75) is 6.42 Å². The fourth-order valence-electron chi connectivity index (χ4n) is 0.671. The summed E-state index contributed by atoms with van der Waals surface area (Å²) in [5.41, 5.74) is -0.565. The zero-order chi connectivity index (χ0) is 8.43. The second-order valence-corrected chi connectivity index (χ2v) is 1.95. The molecule has 0 bridgehead atoms. The highest BCUT2D eigenvalue weighted by Gasteiger charge is 2.28. The van der Waals surface area contributed by atoms with Gasteiger partial charge in [0, 0.05) is 0 Å². The van der Waals surface area contributed by atoms with Crippen LogP contribution in [0.4, 0.5) is 0 Å². The van der Waals surface area contributed by atoms with Crippen LogP contribution in [-0.2, 0) is 9.59 Å². The summed E-state index contributed by atoms with van der Waals surface area (Å²) in [6.45, 7) is 0. The monoisotopic (exact) mass is 158 g/mol. The lowest BCUT2D eigenvalue weighted by Crippen LogP contribution is -2.30. The number of nitrogens with one attached hydrogen (secondary N) is 1. The number of amides is 1. The molecule has 6 heteroatoms. The molecule has 1 heterocycles. The Morgan fingerprint density at radius 3 is 2.82 bits per heavy atom. The molecule has 0 atom stereocenters. The minimum absolute atomic E-state index is 0.438. The van der Waals surface area contributed by atoms with Crippen molar-refractivity contribution >= 4 is 11.7 Å². The lowest BCUT2D eigenvalue weighted by Gasteiger charge is -2.03. The van der Waals surface area contributed by atoms with Crippen molar-refractivity contribution in [1.29, 1.82) is 0 Å². The van der Waals surface area contributed by atoms with Gasteiger partial charge in [-0.15, -0.1) is 0 Å². The number of nitrogens with zero attached hydrogens (tertiary/aromatic N) is 1. The zero-order valence-corrected chi connectivity index (χ0v) is 5.36. The Hall–Kier alpha value is -1.72. The molecule has 0 unspecified atom stereocenters. The van der Waals surface area contributed by atoms with Crippen molar-refractivity contribution in [3.8, 4) is 0 Å². The van der Waals surface area contributed by atoms with Crippen LogP contribution in [0.15, 0.2) is 11.9 Å². The van der Waals surface area contributed by atoms with Gasteiger partial charge in [0.25, 0.3) is 0 Å². The molecule has 0 aliphatic carbocycles. The number of hydrogen-bond donors (Lipinski definition) is 1. The molecular formula is C5H4N2O4. The summed E-state index contributed by atoms with van der Waals surface area (Å²) < 4.78 is 0. The van der Waals surface area contributed by atoms with Gasteiger partial charge in [0.05, 0.1) is 17.5 Å². The van der Waals surface area contributed by atoms with E-state index in [1.165, 1.54) is 0 Å². The molecule has 0 fully saturated rings. The third-order valence-electron chi connectivity index (χ3n) is 1.17. The van der Waals surface area contributed by atoms with Crippen LogP contribution in [0.5, 0.6) is 0 Å². The standard InChI is InChI=1S/C5H4N2O4/c8-4-1-5(9)6-2-3(4)7(10)11/h2H,1H2,(H,6,9)/i5+2. The molecule has 0 aromatic rings. The van der Waals surface area contributed by atoms with Crippen molar-refractivity contribution in [3.05, 3.63) is 22.0 Å². The van der Waals surface area contributed by atoms with Crippen LogP contribution in [0.3, 0.4) is 0 Å². The van der Waals surface area contributed by atoms with E-state index in [0.29, 0.717) is 0 Å². The summed E-state index contributed by atoms with van der Waals surface area (Å²) >= 11 is 0. The predicted octanol–water partition coefficient (Wildman–Crippen LogP) is -0.806. The molecule has 6 nitrogen and oxygen atoms in total. The highest BCUT2D eigenvalue weighted by atomic mass is 16.6. The maximum atomic E-state index is 10.7. The first-order valence-corrected chi connectivity index (χ1v) is 2.78. The van der Waals surface area contributed by atoms with Gasteiger partial charge in [0.1, 0.15) is 0 Å². The van der Waals surface area contributed by atoms with E-state index in [2.05, 4.69) is 5.32 Å². The zero-order valence-electron chi connectivity index (χ0n) is 5.36. The third-order valence-corrected chi connectivity index (χ3v) is 1.17. The number of Topliss-reactive ketones (excluding diaryl/α,β-unsaturated/α-hetero) is 1. The van der Waals surface area contributed by atoms with Crippen molar-refractivity contribution in [2.75, 3.05) is 0 Å². The van der Waals surface area contributed by atoms with Gasteiger partial charge in [-0.1, -0.05) is 0 Å². The molecule has 1 rings (SSSR count). The third kappa shape index (κ3) is 1.40. The van der Waals surface area contributed by atoms with E-state index < -0.39 is 28.7 Å². The van der Waals surface area contributed by atoms with Crippen molar-refractivity contribution in [1.82, 2.24) is 5.32 Å². The number of allylic oxidation sites excluding steroid dienone is 1. The van der Waals surface area contributed by atoms with E-state index in [4.69, 9.17) is 0 Å². The lowest BCUT2D eigenvalue weighted by atomic mass is 10.3. The van der Waals surface area contributed by atoms with E-state index in [1.807, 2.05) is 0 Å². The number of rotatable bonds is 1. The molecule has 0 radical (unpaired) electrons. The van der Waals surface area contributed by atoms with Gasteiger partial charge in [0.2, 0.25) is 11.7 Å². The van der Waals surface area contributed by atoms with Crippen LogP contribution in [0.1, 0.15) is 6.42 Å². The van der Waals surface area contributed by atoms with Crippen LogP contribution < -0.4 is 5.32 Å². The van der Waals surface area contributed by atoms with Crippen LogP contribution >= 0.6 is 0 Å². The number of nitro groups is 1. The summed E-state index contributed by atoms with van der Waals surface area (Å²) in [6, 6.07) is 0. The smallest absolute Gasteiger partial charge is 0.326 e. The molecule has 0 spiro atoms. The van der Waals surface area contributed by atoms with E-state index in [-0.39, 0.29) is 0 Å². The highest BCUT2D eigenvalue weighted by Crippen LogP contribution is 2.04. The summed E-state index contributed by atoms with van der Waals surface area (Å²) in [5.74, 6) is -1.26. The molecule has 0 saturated heterocycles. The second kappa shape index (κ2) is 2.49. The van der Waals surface area contributed by atoms with Crippen molar-refractivity contribution < 1.29 is 14.5 Å². The first-order chi connectivity index (χ1) is 5.11. The minimum atomic E-state index is -0.818. The molecule has 11 heavy (non-hydrogen) atoms. The van der Waals surface area contributed by atoms with Gasteiger partial charge in [-0.05, 0) is 0 Å². The molecule has 1 aliphatic rings. The number of carbonyl (C=O) groups is 2. The molecule has 1 aliphatic heterocycles. The van der Waals surface area contributed by atoms with Gasteiger partial charge in [-0.3, -0.25) is 19.7 Å². The van der Waals surface area contributed by atoms with Gasteiger partial charge in [-0.25, -0.2) is 0 Å². The Kier molecular flexibility index (Phi) is 1.67. The Bertz CT molecular complexity index is 268. The maximum absolute atomic E-state index is 10.7. The summed E-state index contributed by atoms with van der Waals surface area (Å²) in [5, 5.41) is 12.1. The normalized spacial score (nSPS) is 17.3. The molecule has 0 saturated carbocycles. The van der Waals surface area contributed by atoms with E-state index in [9.17, 15) is 19.7 Å². The van der Waals surface area contributed by atoms with Gasteiger partial charge >= 0.3 is 5.70 Å². The van der Waals surface area contributed by atoms with Gasteiger partial charge < -0.3 is 5.32 Å². The van der Waals surface area contributed by atoms with E-state index >= 15 is 0 Å². The molecule has 58 valence electrons. The summed E-state index contributed by atoms with van der Waals surface area (Å²) in [4.78, 5) is 30.3. The van der Waals surface area contributed by atoms with Crippen LogP contribution in [-0.4, -0.2) is 16.6 Å². The fraction of sp³-hybridized carbons (Fsp3) is 0.200. The second-order valence-electron chi connectivity index (χ2n) is 1.95. The molecule has 1 N–H and O–H groups in total. The van der Waals surface area contributed by atoms with Crippen LogP contribution in [0.2, 0.25) is 0 Å². The number of ketones is 1. The van der Waals surface area contributed by atoms with E-state index in [1.54, 1.807) is 0 Å². The number of hydrogen-bond acceptors (Lipinski definition) is 4. The minimum Gasteiger partial charge on any atom is -0.326 e. The van der Waals surface area contributed by atoms with Crippen LogP contribution in [0, 0.1) is 10.1 Å². The van der Waals surface area contributed by atoms with Crippen molar-refractivity contribution in [2.24, 2.45) is 0 Å². The Morgan fingerprint density at radius 1 is 1.73 bits per heavy atom. The Morgan fingerprint density at radius 2 is 2.36 bits per heavy atom. The highest BCUT2D eigenvalue weighted by molar-refractivity contribution is 6.08. The molecule has 0 aromatic carbocycles.